The smallest absolute Gasteiger partial charge is 0.414 e. The Hall–Kier alpha value is -5.12. The van der Waals surface area contributed by atoms with Crippen LogP contribution >= 0.6 is 0 Å². The van der Waals surface area contributed by atoms with E-state index in [1.54, 1.807) is 36.6 Å². The van der Waals surface area contributed by atoms with Crippen LogP contribution in [-0.2, 0) is 16.1 Å². The van der Waals surface area contributed by atoms with Crippen molar-refractivity contribution >= 4 is 24.0 Å². The molecule has 1 saturated heterocycles. The zero-order valence-corrected chi connectivity index (χ0v) is 24.4. The molecule has 0 bridgehead atoms. The zero-order chi connectivity index (χ0) is 30.4. The maximum Gasteiger partial charge on any atom is 0.414 e. The number of carbonyl (C=O) groups is 3. The Morgan fingerprint density at radius 2 is 1.49 bits per heavy atom. The molecule has 4 aromatic rings. The highest BCUT2D eigenvalue weighted by molar-refractivity contribution is 5.95. The van der Waals surface area contributed by atoms with Gasteiger partial charge in [-0.1, -0.05) is 65.8 Å². The standard InChI is InChI=1S/C33H34N4O6/c1-33(2,3)42-31(39)34-29-21-28(35-43-29)27-11-7-10-26(20-27)24-12-14-25(15-13-24)30(38)36-16-18-37(19-17-36)32(40)41-22-23-8-5-4-6-9-23/h4-15,20-21H,16-19,22H2,1-3H3,(H,34,39). The lowest BCUT2D eigenvalue weighted by Gasteiger charge is -2.34. The SMILES string of the molecule is CC(C)(C)OC(=O)Nc1cc(-c2cccc(-c3ccc(C(=O)N4CCN(C(=O)OCc5ccccc5)CC4)cc3)c2)no1. The third-order valence-corrected chi connectivity index (χ3v) is 6.79. The van der Waals surface area contributed by atoms with Gasteiger partial charge >= 0.3 is 12.2 Å². The summed E-state index contributed by atoms with van der Waals surface area (Å²) in [5, 5.41) is 6.62. The number of benzene rings is 3. The summed E-state index contributed by atoms with van der Waals surface area (Å²) >= 11 is 0. The molecular weight excluding hydrogens is 548 g/mol. The van der Waals surface area contributed by atoms with E-state index in [1.165, 1.54) is 0 Å². The number of anilines is 1. The summed E-state index contributed by atoms with van der Waals surface area (Å²) < 4.78 is 15.9. The van der Waals surface area contributed by atoms with E-state index in [4.69, 9.17) is 14.0 Å². The molecule has 0 unspecified atom stereocenters. The normalized spacial score (nSPS) is 13.4. The first kappa shape index (κ1) is 29.4. The number of ether oxygens (including phenoxy) is 2. The summed E-state index contributed by atoms with van der Waals surface area (Å²) in [4.78, 5) is 41.0. The summed E-state index contributed by atoms with van der Waals surface area (Å²) in [5.41, 5.74) is 4.11. The topological polar surface area (TPSA) is 114 Å². The molecule has 1 aliphatic rings. The molecule has 2 heterocycles. The number of rotatable bonds is 6. The van der Waals surface area contributed by atoms with Crippen LogP contribution in [0.1, 0.15) is 36.7 Å². The van der Waals surface area contributed by atoms with Gasteiger partial charge in [-0.15, -0.1) is 0 Å². The Morgan fingerprint density at radius 1 is 0.814 bits per heavy atom. The second-order valence-corrected chi connectivity index (χ2v) is 11.2. The second kappa shape index (κ2) is 12.8. The molecule has 0 atom stereocenters. The molecule has 10 heteroatoms. The number of nitrogens with one attached hydrogen (secondary N) is 1. The Labute approximate surface area is 250 Å². The van der Waals surface area contributed by atoms with Crippen LogP contribution in [0.4, 0.5) is 15.5 Å². The van der Waals surface area contributed by atoms with Crippen molar-refractivity contribution in [1.29, 1.82) is 0 Å². The van der Waals surface area contributed by atoms with Gasteiger partial charge in [0.25, 0.3) is 5.91 Å². The minimum absolute atomic E-state index is 0.0785. The van der Waals surface area contributed by atoms with Gasteiger partial charge in [-0.2, -0.15) is 0 Å². The average molecular weight is 583 g/mol. The molecule has 1 aliphatic heterocycles. The van der Waals surface area contributed by atoms with Gasteiger partial charge in [-0.3, -0.25) is 10.1 Å². The van der Waals surface area contributed by atoms with Crippen LogP contribution in [0.5, 0.6) is 0 Å². The van der Waals surface area contributed by atoms with Crippen molar-refractivity contribution in [3.05, 3.63) is 96.1 Å². The Morgan fingerprint density at radius 3 is 2.19 bits per heavy atom. The van der Waals surface area contributed by atoms with Gasteiger partial charge in [0.05, 0.1) is 0 Å². The van der Waals surface area contributed by atoms with Gasteiger partial charge < -0.3 is 23.8 Å². The average Bonchev–Trinajstić information content (AvgIpc) is 3.47. The van der Waals surface area contributed by atoms with Crippen molar-refractivity contribution < 1.29 is 28.4 Å². The van der Waals surface area contributed by atoms with Gasteiger partial charge in [0.2, 0.25) is 5.88 Å². The van der Waals surface area contributed by atoms with Crippen molar-refractivity contribution in [3.8, 4) is 22.4 Å². The highest BCUT2D eigenvalue weighted by atomic mass is 16.6. The predicted octanol–water partition coefficient (Wildman–Crippen LogP) is 6.45. The zero-order valence-electron chi connectivity index (χ0n) is 24.4. The number of hydrogen-bond donors (Lipinski definition) is 1. The Kier molecular flexibility index (Phi) is 8.75. The molecule has 3 aromatic carbocycles. The van der Waals surface area contributed by atoms with Crippen molar-refractivity contribution in [2.45, 2.75) is 33.0 Å². The van der Waals surface area contributed by atoms with Crippen molar-refractivity contribution in [1.82, 2.24) is 15.0 Å². The first-order valence-electron chi connectivity index (χ1n) is 14.1. The van der Waals surface area contributed by atoms with Crippen LogP contribution in [0.2, 0.25) is 0 Å². The van der Waals surface area contributed by atoms with E-state index in [2.05, 4.69) is 10.5 Å². The fourth-order valence-corrected chi connectivity index (χ4v) is 4.62. The van der Waals surface area contributed by atoms with Crippen LogP contribution in [0, 0.1) is 0 Å². The molecule has 222 valence electrons. The van der Waals surface area contributed by atoms with E-state index >= 15 is 0 Å². The maximum absolute atomic E-state index is 13.2. The lowest BCUT2D eigenvalue weighted by atomic mass is 10.0. The molecule has 43 heavy (non-hydrogen) atoms. The van der Waals surface area contributed by atoms with Gasteiger partial charge in [-0.25, -0.2) is 9.59 Å². The number of amides is 3. The quantitative estimate of drug-likeness (QED) is 0.278. The van der Waals surface area contributed by atoms with E-state index in [0.29, 0.717) is 37.4 Å². The molecule has 0 radical (unpaired) electrons. The van der Waals surface area contributed by atoms with Crippen LogP contribution in [-0.4, -0.2) is 64.8 Å². The Balaban J connectivity index is 1.16. The molecule has 1 fully saturated rings. The summed E-state index contributed by atoms with van der Waals surface area (Å²) in [6, 6.07) is 26.3. The maximum atomic E-state index is 13.2. The number of hydrogen-bond acceptors (Lipinski definition) is 7. The summed E-state index contributed by atoms with van der Waals surface area (Å²) in [5.74, 6) is 0.104. The van der Waals surface area contributed by atoms with E-state index in [0.717, 1.165) is 22.3 Å². The molecular formula is C33H34N4O6. The molecule has 10 nitrogen and oxygen atoms in total. The minimum Gasteiger partial charge on any atom is -0.445 e. The summed E-state index contributed by atoms with van der Waals surface area (Å²) in [7, 11) is 0. The van der Waals surface area contributed by atoms with Crippen LogP contribution < -0.4 is 5.32 Å². The fourth-order valence-electron chi connectivity index (χ4n) is 4.62. The van der Waals surface area contributed by atoms with E-state index in [1.807, 2.05) is 78.9 Å². The van der Waals surface area contributed by atoms with Crippen LogP contribution in [0.15, 0.2) is 89.5 Å². The Bertz CT molecular complexity index is 1570. The van der Waals surface area contributed by atoms with Crippen molar-refractivity contribution in [3.63, 3.8) is 0 Å². The number of piperazine rings is 1. The van der Waals surface area contributed by atoms with Gasteiger partial charge in [0, 0.05) is 43.4 Å². The first-order valence-corrected chi connectivity index (χ1v) is 14.1. The number of carbonyl (C=O) groups excluding carboxylic acids is 3. The number of aromatic nitrogens is 1. The molecule has 1 N–H and O–H groups in total. The van der Waals surface area contributed by atoms with Gasteiger partial charge in [0.1, 0.15) is 17.9 Å². The third-order valence-electron chi connectivity index (χ3n) is 6.79. The molecule has 3 amide bonds. The highest BCUT2D eigenvalue weighted by Crippen LogP contribution is 2.28. The predicted molar refractivity (Wildman–Crippen MR) is 161 cm³/mol. The minimum atomic E-state index is -0.630. The van der Waals surface area contributed by atoms with Crippen molar-refractivity contribution in [2.24, 2.45) is 0 Å². The molecule has 0 saturated carbocycles. The molecule has 5 rings (SSSR count). The summed E-state index contributed by atoms with van der Waals surface area (Å²) in [6.07, 6.45) is -0.995. The first-order chi connectivity index (χ1) is 20.6. The monoisotopic (exact) mass is 582 g/mol. The lowest BCUT2D eigenvalue weighted by molar-refractivity contribution is 0.0544. The summed E-state index contributed by atoms with van der Waals surface area (Å²) in [6.45, 7) is 7.27. The third kappa shape index (κ3) is 7.79. The van der Waals surface area contributed by atoms with Gasteiger partial charge in [0.15, 0.2) is 0 Å². The number of nitrogens with zero attached hydrogens (tertiary/aromatic N) is 3. The second-order valence-electron chi connectivity index (χ2n) is 11.2. The van der Waals surface area contributed by atoms with E-state index in [9.17, 15) is 14.4 Å². The molecule has 0 spiro atoms. The van der Waals surface area contributed by atoms with E-state index < -0.39 is 11.7 Å². The van der Waals surface area contributed by atoms with Crippen molar-refractivity contribution in [2.75, 3.05) is 31.5 Å². The molecule has 1 aromatic heterocycles. The lowest BCUT2D eigenvalue weighted by Crippen LogP contribution is -2.50. The van der Waals surface area contributed by atoms with Gasteiger partial charge in [-0.05, 0) is 55.7 Å². The van der Waals surface area contributed by atoms with E-state index in [-0.39, 0.29) is 24.5 Å². The highest BCUT2D eigenvalue weighted by Gasteiger charge is 2.26. The van der Waals surface area contributed by atoms with Crippen LogP contribution in [0.25, 0.3) is 22.4 Å². The largest absolute Gasteiger partial charge is 0.445 e. The van der Waals surface area contributed by atoms with Crippen LogP contribution in [0.3, 0.4) is 0 Å². The molecule has 0 aliphatic carbocycles. The fraction of sp³-hybridized carbons (Fsp3) is 0.273.